The molecule has 0 amide bonds. The first-order valence-corrected chi connectivity index (χ1v) is 11.7. The van der Waals surface area contributed by atoms with Crippen molar-refractivity contribution in [3.05, 3.63) is 0 Å². The smallest absolute Gasteiger partial charge is 0.296 e. The van der Waals surface area contributed by atoms with E-state index in [9.17, 15) is 4.79 Å². The van der Waals surface area contributed by atoms with Crippen molar-refractivity contribution in [1.82, 2.24) is 0 Å². The van der Waals surface area contributed by atoms with Crippen LogP contribution in [0.2, 0.25) is 18.1 Å². The molecule has 0 aromatic rings. The number of unbranched alkanes of at least 4 members (excludes halogenated alkanes) is 2. The minimum Gasteiger partial charge on any atom is -0.296 e. The SMILES string of the molecule is CCCCC(CCCC)(OOC(C)=O)OO[Si](CC)(CC)CC. The first kappa shape index (κ1) is 22.6. The van der Waals surface area contributed by atoms with Crippen LogP contribution in [-0.4, -0.2) is 20.1 Å². The molecule has 0 saturated carbocycles. The second-order valence-corrected chi connectivity index (χ2v) is 10.8. The van der Waals surface area contributed by atoms with Gasteiger partial charge in [0.1, 0.15) is 0 Å². The molecule has 138 valence electrons. The van der Waals surface area contributed by atoms with Crippen LogP contribution in [0.3, 0.4) is 0 Å². The predicted molar refractivity (Wildman–Crippen MR) is 94.0 cm³/mol. The van der Waals surface area contributed by atoms with Gasteiger partial charge in [0, 0.05) is 19.8 Å². The number of carbonyl (C=O) groups excluding carboxylic acids is 1. The lowest BCUT2D eigenvalue weighted by molar-refractivity contribution is -0.478. The van der Waals surface area contributed by atoms with Gasteiger partial charge in [-0.1, -0.05) is 47.5 Å². The second-order valence-electron chi connectivity index (χ2n) is 6.19. The standard InChI is InChI=1S/C17H36O5Si/c1-7-12-14-17(15-13-8-2,20-19-16(6)18)21-22-23(9-3,10-4)11-5/h7-15H2,1-6H3. The highest BCUT2D eigenvalue weighted by molar-refractivity contribution is 6.73. The van der Waals surface area contributed by atoms with Crippen LogP contribution in [0.4, 0.5) is 0 Å². The van der Waals surface area contributed by atoms with Crippen molar-refractivity contribution >= 4 is 14.3 Å². The molecular weight excluding hydrogens is 312 g/mol. The largest absolute Gasteiger partial charge is 0.339 e. The third-order valence-corrected chi connectivity index (χ3v) is 8.74. The van der Waals surface area contributed by atoms with Crippen molar-refractivity contribution in [2.75, 3.05) is 0 Å². The first-order chi connectivity index (χ1) is 10.9. The van der Waals surface area contributed by atoms with Gasteiger partial charge < -0.3 is 0 Å². The van der Waals surface area contributed by atoms with Crippen LogP contribution < -0.4 is 0 Å². The van der Waals surface area contributed by atoms with Crippen LogP contribution in [0.15, 0.2) is 0 Å². The molecule has 5 nitrogen and oxygen atoms in total. The summed E-state index contributed by atoms with van der Waals surface area (Å²) in [5.74, 6) is -1.47. The van der Waals surface area contributed by atoms with Crippen molar-refractivity contribution in [2.45, 2.75) is 104 Å². The average Bonchev–Trinajstić information content (AvgIpc) is 2.57. The highest BCUT2D eigenvalue weighted by Crippen LogP contribution is 2.32. The molecule has 0 aliphatic carbocycles. The van der Waals surface area contributed by atoms with E-state index in [-0.39, 0.29) is 0 Å². The Kier molecular flexibility index (Phi) is 11.8. The van der Waals surface area contributed by atoms with Gasteiger partial charge in [-0.25, -0.2) is 9.68 Å². The van der Waals surface area contributed by atoms with Gasteiger partial charge >= 0.3 is 5.97 Å². The molecule has 0 aromatic carbocycles. The van der Waals surface area contributed by atoms with Crippen LogP contribution in [-0.2, 0) is 24.0 Å². The topological polar surface area (TPSA) is 54.0 Å². The van der Waals surface area contributed by atoms with E-state index in [1.165, 1.54) is 6.92 Å². The molecule has 0 N–H and O–H groups in total. The molecule has 6 heteroatoms. The maximum Gasteiger partial charge on any atom is 0.339 e. The van der Waals surface area contributed by atoms with E-state index in [0.29, 0.717) is 12.8 Å². The lowest BCUT2D eigenvalue weighted by Gasteiger charge is -2.35. The van der Waals surface area contributed by atoms with Crippen molar-refractivity contribution < 1.29 is 24.0 Å². The van der Waals surface area contributed by atoms with Gasteiger partial charge in [0.05, 0.1) is 0 Å². The van der Waals surface area contributed by atoms with E-state index in [0.717, 1.165) is 43.8 Å². The lowest BCUT2D eigenvalue weighted by atomic mass is 10.0. The van der Waals surface area contributed by atoms with E-state index in [1.807, 2.05) is 0 Å². The van der Waals surface area contributed by atoms with Gasteiger partial charge in [-0.15, -0.1) is 4.89 Å². The zero-order valence-corrected chi connectivity index (χ0v) is 16.9. The van der Waals surface area contributed by atoms with E-state index >= 15 is 0 Å². The fourth-order valence-electron chi connectivity index (χ4n) is 2.42. The van der Waals surface area contributed by atoms with Crippen molar-refractivity contribution in [2.24, 2.45) is 0 Å². The summed E-state index contributed by atoms with van der Waals surface area (Å²) in [5, 5.41) is 0. The van der Waals surface area contributed by atoms with Crippen LogP contribution >= 0.6 is 0 Å². The van der Waals surface area contributed by atoms with Crippen molar-refractivity contribution in [3.63, 3.8) is 0 Å². The summed E-state index contributed by atoms with van der Waals surface area (Å²) in [6.45, 7) is 12.0. The molecule has 0 rings (SSSR count). The van der Waals surface area contributed by atoms with Gasteiger partial charge in [-0.3, -0.25) is 9.46 Å². The predicted octanol–water partition coefficient (Wildman–Crippen LogP) is 5.51. The number of rotatable bonds is 14. The summed E-state index contributed by atoms with van der Waals surface area (Å²) >= 11 is 0. The minimum absolute atomic E-state index is 0.476. The first-order valence-electron chi connectivity index (χ1n) is 9.16. The summed E-state index contributed by atoms with van der Waals surface area (Å²) in [6.07, 6.45) is 5.18. The highest BCUT2D eigenvalue weighted by atomic mass is 28.4. The third-order valence-electron chi connectivity index (χ3n) is 4.44. The summed E-state index contributed by atoms with van der Waals surface area (Å²) in [5.41, 5.74) is 0. The molecule has 0 aliphatic rings. The molecule has 0 saturated heterocycles. The van der Waals surface area contributed by atoms with Crippen LogP contribution in [0.25, 0.3) is 0 Å². The number of hydrogen-bond donors (Lipinski definition) is 0. The maximum atomic E-state index is 11.2. The van der Waals surface area contributed by atoms with Crippen LogP contribution in [0, 0.1) is 0 Å². The zero-order valence-electron chi connectivity index (χ0n) is 15.9. The monoisotopic (exact) mass is 348 g/mol. The van der Waals surface area contributed by atoms with Gasteiger partial charge in [0.15, 0.2) is 0 Å². The zero-order chi connectivity index (χ0) is 17.8. The minimum atomic E-state index is -1.90. The fourth-order valence-corrected chi connectivity index (χ4v) is 4.61. The Morgan fingerprint density at radius 2 is 1.35 bits per heavy atom. The lowest BCUT2D eigenvalue weighted by Crippen LogP contribution is -2.44. The molecular formula is C17H36O5Si. The molecule has 23 heavy (non-hydrogen) atoms. The van der Waals surface area contributed by atoms with E-state index in [4.69, 9.17) is 19.2 Å². The Balaban J connectivity index is 5.11. The van der Waals surface area contributed by atoms with E-state index < -0.39 is 20.1 Å². The third kappa shape index (κ3) is 8.29. The quantitative estimate of drug-likeness (QED) is 0.179. The summed E-state index contributed by atoms with van der Waals surface area (Å²) in [7, 11) is -1.90. The Hall–Kier alpha value is -0.433. The molecule has 0 heterocycles. The molecule has 0 aromatic heterocycles. The van der Waals surface area contributed by atoms with E-state index in [1.54, 1.807) is 0 Å². The number of hydrogen-bond acceptors (Lipinski definition) is 5. The molecule has 0 aliphatic heterocycles. The average molecular weight is 349 g/mol. The van der Waals surface area contributed by atoms with Crippen molar-refractivity contribution in [1.29, 1.82) is 0 Å². The van der Waals surface area contributed by atoms with Gasteiger partial charge in [0.25, 0.3) is 0 Å². The summed E-state index contributed by atoms with van der Waals surface area (Å²) < 4.78 is 5.99. The molecule has 0 unspecified atom stereocenters. The molecule has 0 fully saturated rings. The molecule has 0 bridgehead atoms. The van der Waals surface area contributed by atoms with Gasteiger partial charge in [-0.05, 0) is 31.0 Å². The Morgan fingerprint density at radius 3 is 1.70 bits per heavy atom. The molecule has 0 atom stereocenters. The van der Waals surface area contributed by atoms with Crippen LogP contribution in [0.5, 0.6) is 0 Å². The van der Waals surface area contributed by atoms with Crippen LogP contribution in [0.1, 0.15) is 80.1 Å². The Morgan fingerprint density at radius 1 is 0.870 bits per heavy atom. The molecule has 0 radical (unpaired) electrons. The summed E-state index contributed by atoms with van der Waals surface area (Å²) in [6, 6.07) is 2.97. The van der Waals surface area contributed by atoms with Gasteiger partial charge in [-0.2, -0.15) is 0 Å². The Labute approximate surface area is 143 Å². The van der Waals surface area contributed by atoms with Gasteiger partial charge in [0.2, 0.25) is 14.1 Å². The van der Waals surface area contributed by atoms with Crippen molar-refractivity contribution in [3.8, 4) is 0 Å². The molecule has 0 spiro atoms. The maximum absolute atomic E-state index is 11.2. The second kappa shape index (κ2) is 12.0. The highest BCUT2D eigenvalue weighted by Gasteiger charge is 2.40. The normalized spacial score (nSPS) is 12.4. The summed E-state index contributed by atoms with van der Waals surface area (Å²) in [4.78, 5) is 27.3. The number of carbonyl (C=O) groups is 1. The fraction of sp³-hybridized carbons (Fsp3) is 0.941. The van der Waals surface area contributed by atoms with E-state index in [2.05, 4.69) is 34.6 Å². The Bertz CT molecular complexity index is 302.